The van der Waals surface area contributed by atoms with Gasteiger partial charge in [-0.3, -0.25) is 14.4 Å². The van der Waals surface area contributed by atoms with Crippen LogP contribution in [0.5, 0.6) is 5.75 Å². The highest BCUT2D eigenvalue weighted by atomic mass is 32.2. The van der Waals surface area contributed by atoms with E-state index in [0.29, 0.717) is 22.0 Å². The van der Waals surface area contributed by atoms with Crippen LogP contribution in [-0.4, -0.2) is 28.0 Å². The predicted molar refractivity (Wildman–Crippen MR) is 108 cm³/mol. The van der Waals surface area contributed by atoms with Crippen molar-refractivity contribution in [3.8, 4) is 11.8 Å². The van der Waals surface area contributed by atoms with Gasteiger partial charge in [0.15, 0.2) is 0 Å². The summed E-state index contributed by atoms with van der Waals surface area (Å²) in [6, 6.07) is 8.33. The number of nitrogens with zero attached hydrogens (tertiary/aromatic N) is 3. The molecular weight excluding hydrogens is 390 g/mol. The number of rotatable bonds is 4. The van der Waals surface area contributed by atoms with E-state index < -0.39 is 11.2 Å². The van der Waals surface area contributed by atoms with Gasteiger partial charge in [0, 0.05) is 19.0 Å². The number of carbonyl (C=O) groups excluding carboxylic acids is 3. The second-order valence-corrected chi connectivity index (χ2v) is 7.90. The van der Waals surface area contributed by atoms with Gasteiger partial charge in [0.05, 0.1) is 16.5 Å². The zero-order chi connectivity index (χ0) is 21.3. The topological polar surface area (TPSA) is 100 Å². The van der Waals surface area contributed by atoms with E-state index in [1.807, 2.05) is 20.8 Å². The number of imide groups is 1. The molecule has 0 radical (unpaired) electrons. The van der Waals surface area contributed by atoms with Gasteiger partial charge < -0.3 is 4.74 Å². The first-order chi connectivity index (χ1) is 13.7. The van der Waals surface area contributed by atoms with E-state index in [2.05, 4.69) is 11.1 Å². The molecule has 1 aromatic heterocycles. The molecule has 1 aliphatic heterocycles. The number of anilines is 1. The summed E-state index contributed by atoms with van der Waals surface area (Å²) in [4.78, 5) is 42.0. The SMILES string of the molecule is CC(=O)Oc1ccc(N2C(=O)CC(Sc3nc(C)c(C)c(C)c3C#N)C2=O)cc1. The second kappa shape index (κ2) is 8.05. The Morgan fingerprint density at radius 2 is 1.86 bits per heavy atom. The number of esters is 1. The van der Waals surface area contributed by atoms with Gasteiger partial charge in [-0.05, 0) is 56.2 Å². The maximum atomic E-state index is 12.9. The summed E-state index contributed by atoms with van der Waals surface area (Å²) in [6.07, 6.45) is 0.0215. The minimum absolute atomic E-state index is 0.0215. The maximum absolute atomic E-state index is 12.9. The molecule has 3 rings (SSSR count). The van der Waals surface area contributed by atoms with Crippen LogP contribution < -0.4 is 9.64 Å². The first-order valence-corrected chi connectivity index (χ1v) is 9.80. The van der Waals surface area contributed by atoms with Crippen molar-refractivity contribution in [3.05, 3.63) is 46.6 Å². The number of carbonyl (C=O) groups is 3. The van der Waals surface area contributed by atoms with Crippen LogP contribution in [0.15, 0.2) is 29.3 Å². The molecule has 0 saturated carbocycles. The quantitative estimate of drug-likeness (QED) is 0.434. The number of nitriles is 1. The molecule has 1 fully saturated rings. The van der Waals surface area contributed by atoms with Gasteiger partial charge in [-0.15, -0.1) is 0 Å². The lowest BCUT2D eigenvalue weighted by molar-refractivity contribution is -0.132. The highest BCUT2D eigenvalue weighted by Gasteiger charge is 2.41. The Kier molecular flexibility index (Phi) is 5.71. The minimum Gasteiger partial charge on any atom is -0.427 e. The number of hydrogen-bond donors (Lipinski definition) is 0. The normalized spacial score (nSPS) is 16.1. The Labute approximate surface area is 172 Å². The van der Waals surface area contributed by atoms with E-state index in [4.69, 9.17) is 4.74 Å². The molecule has 1 aromatic carbocycles. The monoisotopic (exact) mass is 409 g/mol. The van der Waals surface area contributed by atoms with Crippen molar-refractivity contribution in [2.45, 2.75) is 44.4 Å². The summed E-state index contributed by atoms with van der Waals surface area (Å²) < 4.78 is 4.97. The fourth-order valence-corrected chi connectivity index (χ4v) is 4.27. The molecule has 1 saturated heterocycles. The van der Waals surface area contributed by atoms with Crippen molar-refractivity contribution in [2.24, 2.45) is 0 Å². The van der Waals surface area contributed by atoms with Gasteiger partial charge in [-0.25, -0.2) is 9.88 Å². The standard InChI is InChI=1S/C21H19N3O4S/c1-11-12(2)17(10-22)20(23-13(11)3)29-18-9-19(26)24(21(18)27)15-5-7-16(8-6-15)28-14(4)25/h5-8,18H,9H2,1-4H3. The van der Waals surface area contributed by atoms with E-state index in [1.165, 1.54) is 19.1 Å². The van der Waals surface area contributed by atoms with E-state index in [-0.39, 0.29) is 18.2 Å². The van der Waals surface area contributed by atoms with Gasteiger partial charge in [0.2, 0.25) is 11.8 Å². The molecule has 29 heavy (non-hydrogen) atoms. The van der Waals surface area contributed by atoms with Gasteiger partial charge >= 0.3 is 5.97 Å². The summed E-state index contributed by atoms with van der Waals surface area (Å²) in [5.41, 5.74) is 3.40. The third kappa shape index (κ3) is 4.00. The van der Waals surface area contributed by atoms with E-state index in [9.17, 15) is 19.6 Å². The lowest BCUT2D eigenvalue weighted by atomic mass is 10.1. The summed E-state index contributed by atoms with van der Waals surface area (Å²) in [7, 11) is 0. The first-order valence-electron chi connectivity index (χ1n) is 8.92. The Bertz CT molecular complexity index is 1060. The minimum atomic E-state index is -0.656. The van der Waals surface area contributed by atoms with Crippen LogP contribution in [0.25, 0.3) is 0 Å². The summed E-state index contributed by atoms with van der Waals surface area (Å²) in [6.45, 7) is 6.90. The molecule has 0 bridgehead atoms. The van der Waals surface area contributed by atoms with Crippen LogP contribution in [0, 0.1) is 32.1 Å². The number of benzene rings is 1. The molecule has 8 heteroatoms. The number of thioether (sulfide) groups is 1. The fraction of sp³-hybridized carbons (Fsp3) is 0.286. The number of amides is 2. The van der Waals surface area contributed by atoms with E-state index >= 15 is 0 Å². The molecular formula is C21H19N3O4S. The third-order valence-corrected chi connectivity index (χ3v) is 5.96. The number of hydrogen-bond acceptors (Lipinski definition) is 7. The number of aryl methyl sites for hydroxylation is 1. The number of aromatic nitrogens is 1. The van der Waals surface area contributed by atoms with Crippen LogP contribution in [0.3, 0.4) is 0 Å². The van der Waals surface area contributed by atoms with Crippen molar-refractivity contribution in [2.75, 3.05) is 4.90 Å². The van der Waals surface area contributed by atoms with Gasteiger partial charge in [-0.1, -0.05) is 11.8 Å². The lowest BCUT2D eigenvalue weighted by Crippen LogP contribution is -2.31. The van der Waals surface area contributed by atoms with E-state index in [0.717, 1.165) is 33.5 Å². The zero-order valence-corrected chi connectivity index (χ0v) is 17.3. The summed E-state index contributed by atoms with van der Waals surface area (Å²) in [5, 5.41) is 9.33. The third-order valence-electron chi connectivity index (χ3n) is 4.79. The molecule has 1 unspecified atom stereocenters. The van der Waals surface area contributed by atoms with E-state index in [1.54, 1.807) is 12.1 Å². The molecule has 2 aromatic rings. The van der Waals surface area contributed by atoms with Crippen molar-refractivity contribution in [1.29, 1.82) is 5.26 Å². The molecule has 2 heterocycles. The molecule has 0 N–H and O–H groups in total. The number of ether oxygens (including phenoxy) is 1. The average Bonchev–Trinajstić information content (AvgIpc) is 2.94. The maximum Gasteiger partial charge on any atom is 0.308 e. The van der Waals surface area contributed by atoms with Crippen LogP contribution >= 0.6 is 11.8 Å². The Hall–Kier alpha value is -3.18. The van der Waals surface area contributed by atoms with Crippen LogP contribution in [0.1, 0.15) is 35.7 Å². The van der Waals surface area contributed by atoms with Crippen LogP contribution in [0.4, 0.5) is 5.69 Å². The second-order valence-electron chi connectivity index (χ2n) is 6.70. The Balaban J connectivity index is 1.85. The molecule has 148 valence electrons. The smallest absolute Gasteiger partial charge is 0.308 e. The summed E-state index contributed by atoms with van der Waals surface area (Å²) >= 11 is 1.15. The zero-order valence-electron chi connectivity index (χ0n) is 16.5. The van der Waals surface area contributed by atoms with Crippen molar-refractivity contribution >= 4 is 35.2 Å². The van der Waals surface area contributed by atoms with Crippen molar-refractivity contribution < 1.29 is 19.1 Å². The highest BCUT2D eigenvalue weighted by Crippen LogP contribution is 2.36. The lowest BCUT2D eigenvalue weighted by Gasteiger charge is -2.16. The molecule has 2 amide bonds. The summed E-state index contributed by atoms with van der Waals surface area (Å²) in [5.74, 6) is -0.805. The molecule has 1 atom stereocenters. The Morgan fingerprint density at radius 1 is 1.21 bits per heavy atom. The molecule has 0 aliphatic carbocycles. The molecule has 1 aliphatic rings. The van der Waals surface area contributed by atoms with Crippen molar-refractivity contribution in [3.63, 3.8) is 0 Å². The van der Waals surface area contributed by atoms with Crippen LogP contribution in [0.2, 0.25) is 0 Å². The van der Waals surface area contributed by atoms with Crippen LogP contribution in [-0.2, 0) is 14.4 Å². The van der Waals surface area contributed by atoms with Gasteiger partial charge in [0.1, 0.15) is 16.8 Å². The Morgan fingerprint density at radius 3 is 2.45 bits per heavy atom. The largest absolute Gasteiger partial charge is 0.427 e. The van der Waals surface area contributed by atoms with Crippen molar-refractivity contribution in [1.82, 2.24) is 4.98 Å². The number of pyridine rings is 1. The predicted octanol–water partition coefficient (Wildman–Crippen LogP) is 3.23. The fourth-order valence-electron chi connectivity index (χ4n) is 3.06. The van der Waals surface area contributed by atoms with Gasteiger partial charge in [0.25, 0.3) is 0 Å². The highest BCUT2D eigenvalue weighted by molar-refractivity contribution is 8.00. The molecule has 0 spiro atoms. The average molecular weight is 409 g/mol. The van der Waals surface area contributed by atoms with Gasteiger partial charge in [-0.2, -0.15) is 5.26 Å². The molecule has 7 nitrogen and oxygen atoms in total. The first kappa shape index (κ1) is 20.6.